The molecule has 2 heteroatoms. The van der Waals surface area contributed by atoms with E-state index in [-0.39, 0.29) is 0 Å². The maximum atomic E-state index is 5.86. The van der Waals surface area contributed by atoms with Crippen LogP contribution in [0.15, 0.2) is 24.3 Å². The van der Waals surface area contributed by atoms with Crippen molar-refractivity contribution in [2.45, 2.75) is 64.5 Å². The van der Waals surface area contributed by atoms with Crippen LogP contribution >= 0.6 is 0 Å². The van der Waals surface area contributed by atoms with Gasteiger partial charge < -0.3 is 10.1 Å². The van der Waals surface area contributed by atoms with Gasteiger partial charge in [-0.1, -0.05) is 38.8 Å². The van der Waals surface area contributed by atoms with Crippen LogP contribution in [0, 0.1) is 11.8 Å². The third-order valence-electron chi connectivity index (χ3n) is 5.02. The van der Waals surface area contributed by atoms with Gasteiger partial charge >= 0.3 is 0 Å². The van der Waals surface area contributed by atoms with Gasteiger partial charge in [0.25, 0.3) is 0 Å². The second-order valence-electron chi connectivity index (χ2n) is 6.94. The van der Waals surface area contributed by atoms with Gasteiger partial charge in [0.15, 0.2) is 0 Å². The first-order chi connectivity index (χ1) is 10.3. The van der Waals surface area contributed by atoms with E-state index in [9.17, 15) is 0 Å². The molecule has 0 bridgehead atoms. The van der Waals surface area contributed by atoms with Crippen molar-refractivity contribution in [3.05, 3.63) is 29.8 Å². The van der Waals surface area contributed by atoms with Gasteiger partial charge in [-0.25, -0.2) is 0 Å². The van der Waals surface area contributed by atoms with E-state index >= 15 is 0 Å². The highest BCUT2D eigenvalue weighted by Gasteiger charge is 2.27. The molecule has 1 atom stereocenters. The fourth-order valence-corrected chi connectivity index (χ4v) is 3.53. The molecule has 0 saturated heterocycles. The maximum Gasteiger partial charge on any atom is 0.119 e. The van der Waals surface area contributed by atoms with Crippen LogP contribution in [0.5, 0.6) is 5.75 Å². The predicted octanol–water partition coefficient (Wildman–Crippen LogP) is 4.70. The number of nitrogens with one attached hydrogen (secondary N) is 1. The number of benzene rings is 1. The summed E-state index contributed by atoms with van der Waals surface area (Å²) in [5.74, 6) is 2.74. The Morgan fingerprint density at radius 3 is 2.29 bits per heavy atom. The van der Waals surface area contributed by atoms with Crippen LogP contribution in [0.3, 0.4) is 0 Å². The summed E-state index contributed by atoms with van der Waals surface area (Å²) in [4.78, 5) is 0. The van der Waals surface area contributed by atoms with Crippen molar-refractivity contribution in [2.75, 3.05) is 6.54 Å². The molecule has 2 saturated carbocycles. The third-order valence-corrected chi connectivity index (χ3v) is 5.02. The quantitative estimate of drug-likeness (QED) is 0.818. The first-order valence-electron chi connectivity index (χ1n) is 8.76. The Balaban J connectivity index is 1.67. The largest absolute Gasteiger partial charge is 0.490 e. The van der Waals surface area contributed by atoms with E-state index in [1.807, 2.05) is 0 Å². The fraction of sp³-hybridized carbons (Fsp3) is 0.684. The van der Waals surface area contributed by atoms with Gasteiger partial charge in [0.2, 0.25) is 0 Å². The second kappa shape index (κ2) is 6.83. The molecule has 0 aliphatic heterocycles. The standard InChI is InChI=1S/C19H29NO/c1-3-20-19(15-6-4-14(2)5-7-15)16-8-10-17(11-9-16)21-18-12-13-18/h8-11,14-15,18-20H,3-7,12-13H2,1-2H3. The van der Waals surface area contributed by atoms with Crippen molar-refractivity contribution < 1.29 is 4.74 Å². The summed E-state index contributed by atoms with van der Waals surface area (Å²) in [7, 11) is 0. The Morgan fingerprint density at radius 2 is 1.71 bits per heavy atom. The lowest BCUT2D eigenvalue weighted by Crippen LogP contribution is -2.30. The minimum atomic E-state index is 0.486. The Bertz CT molecular complexity index is 429. The van der Waals surface area contributed by atoms with Crippen molar-refractivity contribution in [2.24, 2.45) is 11.8 Å². The zero-order chi connectivity index (χ0) is 14.7. The second-order valence-corrected chi connectivity index (χ2v) is 6.94. The molecule has 2 aliphatic rings. The van der Waals surface area contributed by atoms with E-state index < -0.39 is 0 Å². The third kappa shape index (κ3) is 4.00. The lowest BCUT2D eigenvalue weighted by molar-refractivity contribution is 0.233. The van der Waals surface area contributed by atoms with Crippen molar-refractivity contribution in [1.82, 2.24) is 5.32 Å². The van der Waals surface area contributed by atoms with Crippen molar-refractivity contribution in [1.29, 1.82) is 0 Å². The van der Waals surface area contributed by atoms with Crippen LogP contribution in [0.2, 0.25) is 0 Å². The molecule has 21 heavy (non-hydrogen) atoms. The first-order valence-corrected chi connectivity index (χ1v) is 8.76. The highest BCUT2D eigenvalue weighted by Crippen LogP contribution is 2.37. The smallest absolute Gasteiger partial charge is 0.119 e. The van der Waals surface area contributed by atoms with Crippen molar-refractivity contribution >= 4 is 0 Å². The average Bonchev–Trinajstić information content (AvgIpc) is 3.31. The number of ether oxygens (including phenoxy) is 1. The molecule has 0 amide bonds. The topological polar surface area (TPSA) is 21.3 Å². The van der Waals surface area contributed by atoms with Gasteiger partial charge in [0, 0.05) is 6.04 Å². The van der Waals surface area contributed by atoms with Gasteiger partial charge in [-0.3, -0.25) is 0 Å². The van der Waals surface area contributed by atoms with E-state index in [0.717, 1.165) is 24.1 Å². The highest BCUT2D eigenvalue weighted by atomic mass is 16.5. The summed E-state index contributed by atoms with van der Waals surface area (Å²) in [5, 5.41) is 3.72. The van der Waals surface area contributed by atoms with E-state index in [1.54, 1.807) is 0 Å². The maximum absolute atomic E-state index is 5.86. The Kier molecular flexibility index (Phi) is 4.84. The Hall–Kier alpha value is -1.02. The van der Waals surface area contributed by atoms with Crippen LogP contribution in [0.1, 0.15) is 64.0 Å². The zero-order valence-corrected chi connectivity index (χ0v) is 13.5. The predicted molar refractivity (Wildman–Crippen MR) is 87.6 cm³/mol. The van der Waals surface area contributed by atoms with Crippen LogP contribution in [0.4, 0.5) is 0 Å². The molecule has 1 N–H and O–H groups in total. The summed E-state index contributed by atoms with van der Waals surface area (Å²) >= 11 is 0. The SMILES string of the molecule is CCNC(c1ccc(OC2CC2)cc1)C1CCC(C)CC1. The highest BCUT2D eigenvalue weighted by molar-refractivity contribution is 5.30. The molecule has 0 radical (unpaired) electrons. The molecule has 1 aromatic rings. The molecule has 2 aliphatic carbocycles. The molecule has 0 spiro atoms. The molecule has 0 heterocycles. The molecular weight excluding hydrogens is 258 g/mol. The minimum Gasteiger partial charge on any atom is -0.490 e. The minimum absolute atomic E-state index is 0.486. The van der Waals surface area contributed by atoms with E-state index in [2.05, 4.69) is 43.4 Å². The van der Waals surface area contributed by atoms with Gasteiger partial charge in [0.05, 0.1) is 6.10 Å². The van der Waals surface area contributed by atoms with Gasteiger partial charge in [-0.15, -0.1) is 0 Å². The van der Waals surface area contributed by atoms with Crippen molar-refractivity contribution in [3.8, 4) is 5.75 Å². The van der Waals surface area contributed by atoms with Crippen LogP contribution < -0.4 is 10.1 Å². The Labute approximate surface area is 129 Å². The average molecular weight is 287 g/mol. The lowest BCUT2D eigenvalue weighted by atomic mass is 9.77. The van der Waals surface area contributed by atoms with E-state index in [1.165, 1.54) is 44.1 Å². The van der Waals surface area contributed by atoms with Gasteiger partial charge in [-0.2, -0.15) is 0 Å². The monoisotopic (exact) mass is 287 g/mol. The van der Waals surface area contributed by atoms with Crippen LogP contribution in [-0.4, -0.2) is 12.6 Å². The molecule has 1 aromatic carbocycles. The normalized spacial score (nSPS) is 27.3. The summed E-state index contributed by atoms with van der Waals surface area (Å²) in [6.07, 6.45) is 8.42. The molecule has 0 aromatic heterocycles. The Morgan fingerprint density at radius 1 is 1.05 bits per heavy atom. The number of rotatable bonds is 6. The molecule has 2 fully saturated rings. The fourth-order valence-electron chi connectivity index (χ4n) is 3.53. The summed E-state index contributed by atoms with van der Waals surface area (Å²) in [5.41, 5.74) is 1.43. The van der Waals surface area contributed by atoms with Crippen molar-refractivity contribution in [3.63, 3.8) is 0 Å². The first kappa shape index (κ1) is 14.9. The van der Waals surface area contributed by atoms with Gasteiger partial charge in [0.1, 0.15) is 5.75 Å². The van der Waals surface area contributed by atoms with Crippen LogP contribution in [-0.2, 0) is 0 Å². The van der Waals surface area contributed by atoms with Crippen LogP contribution in [0.25, 0.3) is 0 Å². The molecule has 1 unspecified atom stereocenters. The number of hydrogen-bond acceptors (Lipinski definition) is 2. The molecular formula is C19H29NO. The summed E-state index contributed by atoms with van der Waals surface area (Å²) < 4.78 is 5.86. The molecule has 3 rings (SSSR count). The number of hydrogen-bond donors (Lipinski definition) is 1. The summed E-state index contributed by atoms with van der Waals surface area (Å²) in [6.45, 7) is 5.64. The molecule has 2 nitrogen and oxygen atoms in total. The lowest BCUT2D eigenvalue weighted by Gasteiger charge is -2.33. The zero-order valence-electron chi connectivity index (χ0n) is 13.5. The molecule has 116 valence electrons. The van der Waals surface area contributed by atoms with E-state index in [0.29, 0.717) is 12.1 Å². The summed E-state index contributed by atoms with van der Waals surface area (Å²) in [6, 6.07) is 9.36. The van der Waals surface area contributed by atoms with Gasteiger partial charge in [-0.05, 0) is 61.8 Å². The van der Waals surface area contributed by atoms with E-state index in [4.69, 9.17) is 4.74 Å².